The Morgan fingerprint density at radius 2 is 1.64 bits per heavy atom. The number of aliphatic carboxylic acids is 1. The second kappa shape index (κ2) is 4.77. The van der Waals surface area contributed by atoms with Crippen LogP contribution in [0.5, 0.6) is 0 Å². The van der Waals surface area contributed by atoms with Gasteiger partial charge in [-0.1, -0.05) is 27.7 Å². The molecule has 0 aliphatic carbocycles. The second-order valence-corrected chi connectivity index (χ2v) is 6.39. The highest BCUT2D eigenvalue weighted by molar-refractivity contribution is 7.92. The van der Waals surface area contributed by atoms with Crippen molar-refractivity contribution in [2.24, 2.45) is 11.8 Å². The van der Waals surface area contributed by atoms with Crippen LogP contribution in [0.2, 0.25) is 0 Å². The van der Waals surface area contributed by atoms with Gasteiger partial charge in [0.25, 0.3) is 0 Å². The third-order valence-electron chi connectivity index (χ3n) is 1.80. The largest absolute Gasteiger partial charge is 0.480 e. The molecule has 14 heavy (non-hydrogen) atoms. The first-order valence-corrected chi connectivity index (χ1v) is 6.34. The van der Waals surface area contributed by atoms with E-state index in [2.05, 4.69) is 0 Å². The Bertz CT molecular complexity index is 290. The average molecular weight is 222 g/mol. The highest BCUT2D eigenvalue weighted by Crippen LogP contribution is 2.16. The lowest BCUT2D eigenvalue weighted by Crippen LogP contribution is -2.37. The van der Waals surface area contributed by atoms with E-state index in [9.17, 15) is 13.2 Å². The van der Waals surface area contributed by atoms with Crippen LogP contribution in [0.1, 0.15) is 27.7 Å². The zero-order chi connectivity index (χ0) is 11.5. The summed E-state index contributed by atoms with van der Waals surface area (Å²) in [6, 6.07) is 0. The third-order valence-corrected chi connectivity index (χ3v) is 4.45. The van der Waals surface area contributed by atoms with Crippen LogP contribution in [0.25, 0.3) is 0 Å². The topological polar surface area (TPSA) is 71.4 Å². The molecule has 0 bridgehead atoms. The zero-order valence-corrected chi connectivity index (χ0v) is 9.84. The number of hydrogen-bond acceptors (Lipinski definition) is 3. The predicted molar refractivity (Wildman–Crippen MR) is 54.9 cm³/mol. The second-order valence-electron chi connectivity index (χ2n) is 4.23. The molecule has 1 N–H and O–H groups in total. The van der Waals surface area contributed by atoms with E-state index < -0.39 is 27.0 Å². The van der Waals surface area contributed by atoms with Crippen molar-refractivity contribution in [3.8, 4) is 0 Å². The van der Waals surface area contributed by atoms with E-state index in [1.165, 1.54) is 0 Å². The highest BCUT2D eigenvalue weighted by atomic mass is 32.2. The van der Waals surface area contributed by atoms with Crippen molar-refractivity contribution >= 4 is 15.8 Å². The Labute approximate surface area is 85.2 Å². The molecule has 0 rings (SSSR count). The zero-order valence-electron chi connectivity index (χ0n) is 9.02. The quantitative estimate of drug-likeness (QED) is 0.758. The summed E-state index contributed by atoms with van der Waals surface area (Å²) in [4.78, 5) is 10.8. The third kappa shape index (κ3) is 3.65. The summed E-state index contributed by atoms with van der Waals surface area (Å²) in [5, 5.41) is 7.54. The Hall–Kier alpha value is -0.580. The fraction of sp³-hybridized carbons (Fsp3) is 0.889. The molecule has 0 amide bonds. The molecule has 0 saturated heterocycles. The van der Waals surface area contributed by atoms with Gasteiger partial charge in [0, 0.05) is 0 Å². The van der Waals surface area contributed by atoms with Gasteiger partial charge in [-0.3, -0.25) is 4.79 Å². The molecule has 0 heterocycles. The molecule has 1 unspecified atom stereocenters. The molecule has 0 saturated carbocycles. The minimum Gasteiger partial charge on any atom is -0.480 e. The maximum atomic E-state index is 11.6. The van der Waals surface area contributed by atoms with Crippen LogP contribution in [-0.4, -0.2) is 30.5 Å². The van der Waals surface area contributed by atoms with E-state index in [0.717, 1.165) is 0 Å². The molecule has 0 spiro atoms. The van der Waals surface area contributed by atoms with E-state index in [1.54, 1.807) is 27.7 Å². The van der Waals surface area contributed by atoms with Crippen molar-refractivity contribution in [3.63, 3.8) is 0 Å². The van der Waals surface area contributed by atoms with Crippen molar-refractivity contribution in [2.75, 3.05) is 5.75 Å². The summed E-state index contributed by atoms with van der Waals surface area (Å²) in [7, 11) is -3.52. The Balaban J connectivity index is 4.92. The molecule has 0 aromatic carbocycles. The van der Waals surface area contributed by atoms with Gasteiger partial charge in [-0.25, -0.2) is 8.42 Å². The number of rotatable bonds is 5. The van der Waals surface area contributed by atoms with Gasteiger partial charge in [-0.15, -0.1) is 0 Å². The van der Waals surface area contributed by atoms with Gasteiger partial charge in [0.05, 0.1) is 5.75 Å². The highest BCUT2D eigenvalue weighted by Gasteiger charge is 2.35. The lowest BCUT2D eigenvalue weighted by Gasteiger charge is -2.17. The van der Waals surface area contributed by atoms with Crippen molar-refractivity contribution in [3.05, 3.63) is 0 Å². The first-order chi connectivity index (χ1) is 6.18. The molecule has 5 heteroatoms. The number of carboxylic acid groups (broad SMARTS) is 1. The van der Waals surface area contributed by atoms with Crippen molar-refractivity contribution in [2.45, 2.75) is 32.9 Å². The molecule has 0 fully saturated rings. The maximum Gasteiger partial charge on any atom is 0.322 e. The molecule has 1 atom stereocenters. The minimum atomic E-state index is -3.52. The number of carbonyl (C=O) groups is 1. The van der Waals surface area contributed by atoms with Crippen LogP contribution in [0.3, 0.4) is 0 Å². The molecular formula is C9H18O4S. The number of sulfone groups is 1. The van der Waals surface area contributed by atoms with Gasteiger partial charge in [0.2, 0.25) is 0 Å². The standard InChI is InChI=1S/C9H18O4S/c1-6(2)5-14(12,13)8(7(3)4)9(10)11/h6-8H,5H2,1-4H3,(H,10,11). The van der Waals surface area contributed by atoms with Crippen molar-refractivity contribution in [1.29, 1.82) is 0 Å². The molecule has 0 aromatic rings. The van der Waals surface area contributed by atoms with E-state index in [4.69, 9.17) is 5.11 Å². The van der Waals surface area contributed by atoms with Gasteiger partial charge in [-0.05, 0) is 11.8 Å². The van der Waals surface area contributed by atoms with Crippen LogP contribution in [0, 0.1) is 11.8 Å². The summed E-state index contributed by atoms with van der Waals surface area (Å²) >= 11 is 0. The SMILES string of the molecule is CC(C)CS(=O)(=O)C(C(=O)O)C(C)C. The average Bonchev–Trinajstić information content (AvgIpc) is 1.77. The Kier molecular flexibility index (Phi) is 4.58. The summed E-state index contributed by atoms with van der Waals surface area (Å²) in [5.41, 5.74) is 0. The van der Waals surface area contributed by atoms with E-state index in [0.29, 0.717) is 0 Å². The predicted octanol–water partition coefficient (Wildman–Crippen LogP) is 1.17. The molecule has 0 radical (unpaired) electrons. The van der Waals surface area contributed by atoms with E-state index >= 15 is 0 Å². The van der Waals surface area contributed by atoms with Gasteiger partial charge in [0.1, 0.15) is 0 Å². The molecule has 0 aliphatic heterocycles. The molecule has 4 nitrogen and oxygen atoms in total. The van der Waals surface area contributed by atoms with E-state index in [1.807, 2.05) is 0 Å². The number of hydrogen-bond donors (Lipinski definition) is 1. The van der Waals surface area contributed by atoms with Crippen LogP contribution in [-0.2, 0) is 14.6 Å². The smallest absolute Gasteiger partial charge is 0.322 e. The lowest BCUT2D eigenvalue weighted by molar-refractivity contribution is -0.137. The first-order valence-electron chi connectivity index (χ1n) is 4.63. The van der Waals surface area contributed by atoms with Crippen LogP contribution < -0.4 is 0 Å². The summed E-state index contributed by atoms with van der Waals surface area (Å²) in [5.74, 6) is -1.75. The van der Waals surface area contributed by atoms with Crippen LogP contribution in [0.4, 0.5) is 0 Å². The van der Waals surface area contributed by atoms with Gasteiger partial charge in [0.15, 0.2) is 15.1 Å². The maximum absolute atomic E-state index is 11.6. The van der Waals surface area contributed by atoms with Crippen molar-refractivity contribution < 1.29 is 18.3 Å². The Morgan fingerprint density at radius 1 is 1.21 bits per heavy atom. The summed E-state index contributed by atoms with van der Waals surface area (Å²) in [6.07, 6.45) is 0. The number of carboxylic acids is 1. The molecule has 0 aliphatic rings. The summed E-state index contributed by atoms with van der Waals surface area (Å²) < 4.78 is 23.3. The first kappa shape index (κ1) is 13.4. The Morgan fingerprint density at radius 3 is 1.86 bits per heavy atom. The van der Waals surface area contributed by atoms with Gasteiger partial charge >= 0.3 is 5.97 Å². The lowest BCUT2D eigenvalue weighted by atomic mass is 10.1. The minimum absolute atomic E-state index is 0.0411. The normalized spacial score (nSPS) is 14.7. The fourth-order valence-corrected chi connectivity index (χ4v) is 3.69. The van der Waals surface area contributed by atoms with Gasteiger partial charge < -0.3 is 5.11 Å². The molecule has 0 aromatic heterocycles. The van der Waals surface area contributed by atoms with Gasteiger partial charge in [-0.2, -0.15) is 0 Å². The van der Waals surface area contributed by atoms with Crippen molar-refractivity contribution in [1.82, 2.24) is 0 Å². The molecule has 84 valence electrons. The van der Waals surface area contributed by atoms with E-state index in [-0.39, 0.29) is 11.7 Å². The van der Waals surface area contributed by atoms with Crippen LogP contribution in [0.15, 0.2) is 0 Å². The monoisotopic (exact) mass is 222 g/mol. The van der Waals surface area contributed by atoms with Crippen LogP contribution >= 0.6 is 0 Å². The molecular weight excluding hydrogens is 204 g/mol. The summed E-state index contributed by atoms with van der Waals surface area (Å²) in [6.45, 7) is 6.74. The fourth-order valence-electron chi connectivity index (χ4n) is 1.42.